The highest BCUT2D eigenvalue weighted by Crippen LogP contribution is 2.32. The van der Waals surface area contributed by atoms with E-state index in [4.69, 9.17) is 0 Å². The molecule has 0 spiro atoms. The number of hydrogen-bond donors (Lipinski definition) is 0. The number of carbonyl (C=O) groups is 1. The highest BCUT2D eigenvalue weighted by molar-refractivity contribution is 7.89. The quantitative estimate of drug-likeness (QED) is 0.832. The number of fused-ring (bicyclic) bond motifs is 1. The van der Waals surface area contributed by atoms with E-state index in [0.717, 1.165) is 17.7 Å². The predicted molar refractivity (Wildman–Crippen MR) is 89.9 cm³/mol. The summed E-state index contributed by atoms with van der Waals surface area (Å²) in [6.45, 7) is 5.38. The van der Waals surface area contributed by atoms with Crippen LogP contribution in [0.15, 0.2) is 23.1 Å². The lowest BCUT2D eigenvalue weighted by Gasteiger charge is -2.34. The third-order valence-electron chi connectivity index (χ3n) is 4.87. The number of carbonyl (C=O) groups excluding carboxylic acids is 1. The molecule has 1 saturated heterocycles. The summed E-state index contributed by atoms with van der Waals surface area (Å²) in [4.78, 5) is 13.7. The number of hydrogen-bond acceptors (Lipinski definition) is 3. The van der Waals surface area contributed by atoms with Crippen molar-refractivity contribution in [2.24, 2.45) is 11.8 Å². The van der Waals surface area contributed by atoms with Gasteiger partial charge in [0.25, 0.3) is 0 Å². The van der Waals surface area contributed by atoms with Gasteiger partial charge in [-0.05, 0) is 48.4 Å². The first-order valence-corrected chi connectivity index (χ1v) is 9.62. The van der Waals surface area contributed by atoms with Gasteiger partial charge in [0.2, 0.25) is 15.9 Å². The minimum atomic E-state index is -3.46. The number of sulfonamides is 1. The van der Waals surface area contributed by atoms with E-state index in [9.17, 15) is 13.2 Å². The molecule has 5 nitrogen and oxygen atoms in total. The summed E-state index contributed by atoms with van der Waals surface area (Å²) in [6.07, 6.45) is 2.11. The summed E-state index contributed by atoms with van der Waals surface area (Å²) in [5.74, 6) is 0.844. The fourth-order valence-electron chi connectivity index (χ4n) is 3.74. The summed E-state index contributed by atoms with van der Waals surface area (Å²) in [5.41, 5.74) is 1.76. The van der Waals surface area contributed by atoms with Gasteiger partial charge in [0.15, 0.2) is 0 Å². The molecular formula is C17H24N2O3S. The van der Waals surface area contributed by atoms with E-state index in [1.807, 2.05) is 0 Å². The number of rotatable bonds is 2. The van der Waals surface area contributed by atoms with E-state index in [0.29, 0.717) is 42.7 Å². The van der Waals surface area contributed by atoms with Crippen molar-refractivity contribution in [2.45, 2.75) is 38.0 Å². The van der Waals surface area contributed by atoms with Crippen molar-refractivity contribution < 1.29 is 13.2 Å². The van der Waals surface area contributed by atoms with E-state index in [2.05, 4.69) is 13.8 Å². The number of piperidine rings is 1. The second-order valence-electron chi connectivity index (χ2n) is 7.01. The first-order chi connectivity index (χ1) is 10.8. The SMILES string of the molecule is CC1CC(C)CN(S(=O)(=O)c2ccc3c(c2)CCC(=O)N3C)C1. The molecule has 2 heterocycles. The zero-order chi connectivity index (χ0) is 16.8. The van der Waals surface area contributed by atoms with Crippen molar-refractivity contribution in [3.05, 3.63) is 23.8 Å². The number of nitrogens with zero attached hydrogens (tertiary/aromatic N) is 2. The predicted octanol–water partition coefficient (Wildman–Crippen LogP) is 2.26. The molecule has 2 aliphatic heterocycles. The van der Waals surface area contributed by atoms with Crippen LogP contribution < -0.4 is 4.90 Å². The zero-order valence-corrected chi connectivity index (χ0v) is 14.8. The Morgan fingerprint density at radius 2 is 1.74 bits per heavy atom. The maximum absolute atomic E-state index is 13.0. The van der Waals surface area contributed by atoms with Crippen LogP contribution in [0.3, 0.4) is 0 Å². The van der Waals surface area contributed by atoms with Gasteiger partial charge in [0, 0.05) is 32.2 Å². The molecule has 2 aliphatic rings. The summed E-state index contributed by atoms with van der Waals surface area (Å²) in [6, 6.07) is 5.14. The minimum absolute atomic E-state index is 0.0757. The van der Waals surface area contributed by atoms with Gasteiger partial charge in [-0.15, -0.1) is 0 Å². The Morgan fingerprint density at radius 3 is 2.39 bits per heavy atom. The van der Waals surface area contributed by atoms with Crippen LogP contribution in [-0.4, -0.2) is 38.8 Å². The normalized spacial score (nSPS) is 26.2. The number of aryl methyl sites for hydroxylation is 1. The van der Waals surface area contributed by atoms with Gasteiger partial charge < -0.3 is 4.90 Å². The molecule has 6 heteroatoms. The molecule has 1 fully saturated rings. The number of anilines is 1. The molecule has 1 aromatic carbocycles. The Morgan fingerprint density at radius 1 is 1.09 bits per heavy atom. The van der Waals surface area contributed by atoms with Gasteiger partial charge in [-0.25, -0.2) is 8.42 Å². The average Bonchev–Trinajstić information content (AvgIpc) is 2.49. The molecule has 0 saturated carbocycles. The highest BCUT2D eigenvalue weighted by Gasteiger charge is 2.32. The van der Waals surface area contributed by atoms with Gasteiger partial charge >= 0.3 is 0 Å². The van der Waals surface area contributed by atoms with Crippen LogP contribution in [0.1, 0.15) is 32.3 Å². The Bertz CT molecular complexity index is 719. The van der Waals surface area contributed by atoms with Gasteiger partial charge in [0.05, 0.1) is 4.90 Å². The molecule has 2 atom stereocenters. The van der Waals surface area contributed by atoms with Gasteiger partial charge in [-0.3, -0.25) is 4.79 Å². The first kappa shape index (κ1) is 16.5. The lowest BCUT2D eigenvalue weighted by atomic mass is 9.94. The fraction of sp³-hybridized carbons (Fsp3) is 0.588. The Hall–Kier alpha value is -1.40. The summed E-state index contributed by atoms with van der Waals surface area (Å²) in [5, 5.41) is 0. The monoisotopic (exact) mass is 336 g/mol. The van der Waals surface area contributed by atoms with Crippen molar-refractivity contribution >= 4 is 21.6 Å². The van der Waals surface area contributed by atoms with Crippen LogP contribution in [0.4, 0.5) is 5.69 Å². The van der Waals surface area contributed by atoms with Crippen LogP contribution in [0.25, 0.3) is 0 Å². The highest BCUT2D eigenvalue weighted by atomic mass is 32.2. The molecule has 126 valence electrons. The molecule has 0 aromatic heterocycles. The standard InChI is InChI=1S/C17H24N2O3S/c1-12-8-13(2)11-19(10-12)23(21,22)15-5-6-16-14(9-15)4-7-17(20)18(16)3/h5-6,9,12-13H,4,7-8,10-11H2,1-3H3. The van der Waals surface area contributed by atoms with Crippen LogP contribution in [0.2, 0.25) is 0 Å². The van der Waals surface area contributed by atoms with Crippen molar-refractivity contribution in [1.82, 2.24) is 4.31 Å². The fourth-order valence-corrected chi connectivity index (χ4v) is 5.48. The van der Waals surface area contributed by atoms with E-state index >= 15 is 0 Å². The molecule has 1 amide bonds. The first-order valence-electron chi connectivity index (χ1n) is 8.18. The maximum Gasteiger partial charge on any atom is 0.243 e. The molecule has 2 unspecified atom stereocenters. The second kappa shape index (κ2) is 5.91. The molecule has 0 bridgehead atoms. The van der Waals surface area contributed by atoms with E-state index in [1.54, 1.807) is 34.5 Å². The van der Waals surface area contributed by atoms with Crippen molar-refractivity contribution in [2.75, 3.05) is 25.0 Å². The zero-order valence-electron chi connectivity index (χ0n) is 13.9. The summed E-state index contributed by atoms with van der Waals surface area (Å²) in [7, 11) is -1.72. The topological polar surface area (TPSA) is 57.7 Å². The Balaban J connectivity index is 1.93. The second-order valence-corrected chi connectivity index (χ2v) is 8.95. The van der Waals surface area contributed by atoms with Gasteiger partial charge in [-0.2, -0.15) is 4.31 Å². The van der Waals surface area contributed by atoms with Crippen LogP contribution in [0, 0.1) is 11.8 Å². The smallest absolute Gasteiger partial charge is 0.243 e. The number of amides is 1. The molecule has 0 N–H and O–H groups in total. The lowest BCUT2D eigenvalue weighted by molar-refractivity contribution is -0.118. The molecule has 3 rings (SSSR count). The third-order valence-corrected chi connectivity index (χ3v) is 6.70. The third kappa shape index (κ3) is 3.02. The summed E-state index contributed by atoms with van der Waals surface area (Å²) < 4.78 is 27.5. The van der Waals surface area contributed by atoms with Crippen LogP contribution in [0.5, 0.6) is 0 Å². The van der Waals surface area contributed by atoms with Gasteiger partial charge in [-0.1, -0.05) is 13.8 Å². The largest absolute Gasteiger partial charge is 0.315 e. The van der Waals surface area contributed by atoms with E-state index in [-0.39, 0.29) is 5.91 Å². The van der Waals surface area contributed by atoms with Crippen LogP contribution in [-0.2, 0) is 21.2 Å². The van der Waals surface area contributed by atoms with Crippen molar-refractivity contribution in [1.29, 1.82) is 0 Å². The van der Waals surface area contributed by atoms with Crippen molar-refractivity contribution in [3.63, 3.8) is 0 Å². The maximum atomic E-state index is 13.0. The molecule has 23 heavy (non-hydrogen) atoms. The molecule has 0 radical (unpaired) electrons. The molecule has 0 aliphatic carbocycles. The Kier molecular flexibility index (Phi) is 4.23. The van der Waals surface area contributed by atoms with Crippen molar-refractivity contribution in [3.8, 4) is 0 Å². The van der Waals surface area contributed by atoms with Gasteiger partial charge in [0.1, 0.15) is 0 Å². The summed E-state index contributed by atoms with van der Waals surface area (Å²) >= 11 is 0. The minimum Gasteiger partial charge on any atom is -0.315 e. The number of benzene rings is 1. The molecular weight excluding hydrogens is 312 g/mol. The lowest BCUT2D eigenvalue weighted by Crippen LogP contribution is -2.42. The van der Waals surface area contributed by atoms with E-state index < -0.39 is 10.0 Å². The molecule has 1 aromatic rings. The average molecular weight is 336 g/mol. The van der Waals surface area contributed by atoms with Crippen LogP contribution >= 0.6 is 0 Å². The Labute approximate surface area is 138 Å². The van der Waals surface area contributed by atoms with E-state index in [1.165, 1.54) is 0 Å².